The number of nitrogens with zero attached hydrogens (tertiary/aromatic N) is 3. The predicted octanol–water partition coefficient (Wildman–Crippen LogP) is 4.34. The Labute approximate surface area is 160 Å². The molecule has 0 amide bonds. The van der Waals surface area contributed by atoms with Crippen molar-refractivity contribution in [1.29, 1.82) is 0 Å². The Balaban J connectivity index is 1.49. The molecule has 0 radical (unpaired) electrons. The van der Waals surface area contributed by atoms with Crippen LogP contribution in [-0.4, -0.2) is 28.5 Å². The molecule has 0 saturated carbocycles. The number of ether oxygens (including phenoxy) is 2. The van der Waals surface area contributed by atoms with Crippen LogP contribution >= 0.6 is 23.8 Å². The van der Waals surface area contributed by atoms with Gasteiger partial charge in [-0.15, -0.1) is 5.10 Å². The molecule has 0 N–H and O–H groups in total. The Morgan fingerprint density at radius 3 is 2.73 bits per heavy atom. The van der Waals surface area contributed by atoms with Crippen molar-refractivity contribution in [3.8, 4) is 23.0 Å². The molecule has 6 nitrogen and oxygen atoms in total. The average molecular weight is 390 g/mol. The van der Waals surface area contributed by atoms with Gasteiger partial charge in [-0.05, 0) is 55.2 Å². The first kappa shape index (κ1) is 17.1. The van der Waals surface area contributed by atoms with E-state index in [-0.39, 0.29) is 6.79 Å². The van der Waals surface area contributed by atoms with Crippen LogP contribution < -0.4 is 9.47 Å². The molecule has 0 fully saturated rings. The molecule has 0 unspecified atom stereocenters. The van der Waals surface area contributed by atoms with E-state index in [2.05, 4.69) is 10.00 Å². The Morgan fingerprint density at radius 1 is 1.15 bits per heavy atom. The van der Waals surface area contributed by atoms with E-state index in [9.17, 15) is 0 Å². The van der Waals surface area contributed by atoms with Crippen LogP contribution in [0.1, 0.15) is 5.56 Å². The van der Waals surface area contributed by atoms with Crippen molar-refractivity contribution >= 4 is 23.8 Å². The molecule has 2 aromatic carbocycles. The Hall–Kier alpha value is -2.35. The minimum Gasteiger partial charge on any atom is -0.454 e. The van der Waals surface area contributed by atoms with Gasteiger partial charge in [0.25, 0.3) is 4.84 Å². The second-order valence-corrected chi connectivity index (χ2v) is 6.81. The van der Waals surface area contributed by atoms with Gasteiger partial charge in [-0.2, -0.15) is 0 Å². The zero-order chi connectivity index (χ0) is 18.1. The lowest BCUT2D eigenvalue weighted by Crippen LogP contribution is -2.22. The van der Waals surface area contributed by atoms with Crippen molar-refractivity contribution in [1.82, 2.24) is 14.7 Å². The van der Waals surface area contributed by atoms with Gasteiger partial charge < -0.3 is 13.9 Å². The van der Waals surface area contributed by atoms with Crippen LogP contribution in [0.4, 0.5) is 0 Å². The Bertz CT molecular complexity index is 984. The molecule has 2 heterocycles. The molecular formula is C18H16ClN3O3S. The Kier molecular flexibility index (Phi) is 4.67. The summed E-state index contributed by atoms with van der Waals surface area (Å²) in [7, 11) is 1.99. The molecule has 26 heavy (non-hydrogen) atoms. The van der Waals surface area contributed by atoms with Gasteiger partial charge in [-0.1, -0.05) is 23.7 Å². The summed E-state index contributed by atoms with van der Waals surface area (Å²) >= 11 is 11.2. The SMILES string of the molecule is CN(Cc1ccc(Cl)cc1)Cn1nc(-c2ccc3c(c2)OCO3)oc1=S. The summed E-state index contributed by atoms with van der Waals surface area (Å²) in [5, 5.41) is 5.21. The van der Waals surface area contributed by atoms with Gasteiger partial charge in [0.1, 0.15) is 0 Å². The molecule has 0 atom stereocenters. The average Bonchev–Trinajstić information content (AvgIpc) is 3.23. The molecule has 1 aromatic heterocycles. The van der Waals surface area contributed by atoms with Crippen LogP contribution in [-0.2, 0) is 13.2 Å². The minimum absolute atomic E-state index is 0.228. The second-order valence-electron chi connectivity index (χ2n) is 6.02. The summed E-state index contributed by atoms with van der Waals surface area (Å²) in [5.74, 6) is 1.85. The molecule has 8 heteroatoms. The molecule has 134 valence electrons. The van der Waals surface area contributed by atoms with Gasteiger partial charge in [0, 0.05) is 17.1 Å². The van der Waals surface area contributed by atoms with Crippen LogP contribution in [0.5, 0.6) is 11.5 Å². The third kappa shape index (κ3) is 3.60. The highest BCUT2D eigenvalue weighted by Crippen LogP contribution is 2.35. The number of rotatable bonds is 5. The van der Waals surface area contributed by atoms with Crippen molar-refractivity contribution in [3.05, 3.63) is 57.9 Å². The summed E-state index contributed by atoms with van der Waals surface area (Å²) < 4.78 is 18.0. The lowest BCUT2D eigenvalue weighted by atomic mass is 10.2. The van der Waals surface area contributed by atoms with Crippen LogP contribution in [0.15, 0.2) is 46.9 Å². The standard InChI is InChI=1S/C18H16ClN3O3S/c1-21(9-12-2-5-14(19)6-3-12)10-22-18(26)25-17(20-22)13-4-7-15-16(8-13)24-11-23-15/h2-8H,9-11H2,1H3. The van der Waals surface area contributed by atoms with E-state index < -0.39 is 0 Å². The molecule has 3 aromatic rings. The maximum absolute atomic E-state index is 5.92. The number of aromatic nitrogens is 2. The fourth-order valence-electron chi connectivity index (χ4n) is 2.72. The van der Waals surface area contributed by atoms with Gasteiger partial charge in [-0.3, -0.25) is 4.90 Å². The van der Waals surface area contributed by atoms with E-state index in [4.69, 9.17) is 37.7 Å². The quantitative estimate of drug-likeness (QED) is 0.605. The van der Waals surface area contributed by atoms with Crippen molar-refractivity contribution in [2.75, 3.05) is 13.8 Å². The smallest absolute Gasteiger partial charge is 0.288 e. The molecule has 1 aliphatic heterocycles. The van der Waals surface area contributed by atoms with Gasteiger partial charge in [0.05, 0.1) is 6.67 Å². The van der Waals surface area contributed by atoms with Crippen molar-refractivity contribution in [2.45, 2.75) is 13.2 Å². The van der Waals surface area contributed by atoms with Gasteiger partial charge in [0.15, 0.2) is 11.5 Å². The van der Waals surface area contributed by atoms with Gasteiger partial charge >= 0.3 is 0 Å². The normalized spacial score (nSPS) is 12.7. The number of benzene rings is 2. The summed E-state index contributed by atoms with van der Waals surface area (Å²) in [6, 6.07) is 13.3. The Morgan fingerprint density at radius 2 is 1.92 bits per heavy atom. The van der Waals surface area contributed by atoms with E-state index in [1.54, 1.807) is 4.68 Å². The highest BCUT2D eigenvalue weighted by molar-refractivity contribution is 7.71. The minimum atomic E-state index is 0.228. The largest absolute Gasteiger partial charge is 0.454 e. The predicted molar refractivity (Wildman–Crippen MR) is 99.8 cm³/mol. The van der Waals surface area contributed by atoms with E-state index in [1.807, 2.05) is 49.5 Å². The van der Waals surface area contributed by atoms with E-state index in [0.717, 1.165) is 28.4 Å². The lowest BCUT2D eigenvalue weighted by molar-refractivity contribution is 0.174. The van der Waals surface area contributed by atoms with E-state index in [1.165, 1.54) is 0 Å². The summed E-state index contributed by atoms with van der Waals surface area (Å²) in [4.78, 5) is 2.41. The molecule has 4 rings (SSSR count). The zero-order valence-electron chi connectivity index (χ0n) is 14.0. The fraction of sp³-hybridized carbons (Fsp3) is 0.222. The fourth-order valence-corrected chi connectivity index (χ4v) is 3.03. The van der Waals surface area contributed by atoms with Crippen LogP contribution in [0, 0.1) is 4.84 Å². The first-order valence-corrected chi connectivity index (χ1v) is 8.78. The number of halogens is 1. The highest BCUT2D eigenvalue weighted by Gasteiger charge is 2.17. The first-order valence-electron chi connectivity index (χ1n) is 7.99. The third-order valence-corrected chi connectivity index (χ3v) is 4.51. The van der Waals surface area contributed by atoms with Crippen molar-refractivity contribution in [3.63, 3.8) is 0 Å². The number of hydrogen-bond acceptors (Lipinski definition) is 6. The molecule has 0 aliphatic carbocycles. The van der Waals surface area contributed by atoms with Crippen molar-refractivity contribution < 1.29 is 13.9 Å². The molecule has 0 bridgehead atoms. The molecule has 0 saturated heterocycles. The first-order chi connectivity index (χ1) is 12.6. The lowest BCUT2D eigenvalue weighted by Gasteiger charge is -2.15. The second kappa shape index (κ2) is 7.11. The monoisotopic (exact) mass is 389 g/mol. The maximum atomic E-state index is 5.92. The van der Waals surface area contributed by atoms with Crippen LogP contribution in [0.3, 0.4) is 0 Å². The molecular weight excluding hydrogens is 374 g/mol. The van der Waals surface area contributed by atoms with Gasteiger partial charge in [0.2, 0.25) is 12.7 Å². The number of hydrogen-bond donors (Lipinski definition) is 0. The van der Waals surface area contributed by atoms with Crippen molar-refractivity contribution in [2.24, 2.45) is 0 Å². The molecule has 0 spiro atoms. The molecule has 1 aliphatic rings. The summed E-state index contributed by atoms with van der Waals surface area (Å²) in [6.07, 6.45) is 0. The highest BCUT2D eigenvalue weighted by atomic mass is 35.5. The topological polar surface area (TPSA) is 52.7 Å². The van der Waals surface area contributed by atoms with E-state index in [0.29, 0.717) is 23.1 Å². The summed E-state index contributed by atoms with van der Waals surface area (Å²) in [6.45, 7) is 1.48. The third-order valence-electron chi connectivity index (χ3n) is 3.97. The maximum Gasteiger partial charge on any atom is 0.288 e. The van der Waals surface area contributed by atoms with E-state index >= 15 is 0 Å². The summed E-state index contributed by atoms with van der Waals surface area (Å²) in [5.41, 5.74) is 1.95. The van der Waals surface area contributed by atoms with Gasteiger partial charge in [-0.25, -0.2) is 4.68 Å². The van der Waals surface area contributed by atoms with Crippen LogP contribution in [0.25, 0.3) is 11.5 Å². The van der Waals surface area contributed by atoms with Crippen LogP contribution in [0.2, 0.25) is 5.02 Å². The number of fused-ring (bicyclic) bond motifs is 1. The zero-order valence-corrected chi connectivity index (χ0v) is 15.6.